The van der Waals surface area contributed by atoms with Gasteiger partial charge in [-0.15, -0.1) is 0 Å². The van der Waals surface area contributed by atoms with Crippen molar-refractivity contribution in [1.29, 1.82) is 0 Å². The highest BCUT2D eigenvalue weighted by Crippen LogP contribution is 2.28. The largest absolute Gasteiger partial charge is 0.415 e. The lowest BCUT2D eigenvalue weighted by atomic mass is 10.1. The average Bonchev–Trinajstić information content (AvgIpc) is 2.53. The Morgan fingerprint density at radius 3 is 1.42 bits per heavy atom. The Balaban J connectivity index is 4.60. The third-order valence-corrected chi connectivity index (χ3v) is 11.0. The SMILES string of the molecule is CO[Si](CCCCC(O)C(C)O)(CCCCC(O)C(C)O)O[Si](C)(C)O. The lowest BCUT2D eigenvalue weighted by molar-refractivity contribution is 0.0247. The van der Waals surface area contributed by atoms with Crippen LogP contribution < -0.4 is 0 Å². The van der Waals surface area contributed by atoms with Gasteiger partial charge in [0.05, 0.1) is 24.4 Å². The zero-order chi connectivity index (χ0) is 20.4. The van der Waals surface area contributed by atoms with Crippen LogP contribution in [0, 0.1) is 0 Å². The van der Waals surface area contributed by atoms with Gasteiger partial charge in [0.1, 0.15) is 0 Å². The van der Waals surface area contributed by atoms with E-state index in [-0.39, 0.29) is 0 Å². The van der Waals surface area contributed by atoms with Crippen molar-refractivity contribution in [3.8, 4) is 0 Å². The number of aliphatic hydroxyl groups is 4. The Hall–Kier alpha value is 0.154. The average molecular weight is 413 g/mol. The predicted molar refractivity (Wildman–Crippen MR) is 106 cm³/mol. The van der Waals surface area contributed by atoms with Crippen LogP contribution in [0.3, 0.4) is 0 Å². The van der Waals surface area contributed by atoms with Crippen molar-refractivity contribution in [3.05, 3.63) is 0 Å². The fraction of sp³-hybridized carbons (Fsp3) is 1.00. The van der Waals surface area contributed by atoms with Crippen LogP contribution in [-0.4, -0.2) is 73.9 Å². The smallest absolute Gasteiger partial charge is 0.329 e. The molecule has 0 aromatic carbocycles. The van der Waals surface area contributed by atoms with Gasteiger partial charge in [-0.2, -0.15) is 0 Å². The standard InChI is InChI=1S/C17H40O7Si2/c1-14(18)16(20)10-6-8-12-26(23-3,24-25(4,5)22)13-9-7-11-17(21)15(2)19/h14-22H,6-13H2,1-5H3. The third kappa shape index (κ3) is 11.8. The molecule has 4 unspecified atom stereocenters. The van der Waals surface area contributed by atoms with Crippen LogP contribution in [0.25, 0.3) is 0 Å². The number of rotatable bonds is 15. The highest BCUT2D eigenvalue weighted by atomic mass is 28.5. The molecule has 7 nitrogen and oxygen atoms in total. The normalized spacial score (nSPS) is 19.6. The van der Waals surface area contributed by atoms with Gasteiger partial charge in [0.2, 0.25) is 0 Å². The molecule has 26 heavy (non-hydrogen) atoms. The summed E-state index contributed by atoms with van der Waals surface area (Å²) in [6.07, 6.45) is 1.22. The molecule has 0 aliphatic rings. The minimum absolute atomic E-state index is 0.520. The van der Waals surface area contributed by atoms with E-state index in [0.29, 0.717) is 24.9 Å². The summed E-state index contributed by atoms with van der Waals surface area (Å²) in [6.45, 7) is 6.59. The van der Waals surface area contributed by atoms with Gasteiger partial charge in [-0.1, -0.05) is 25.7 Å². The molecule has 0 aliphatic carbocycles. The van der Waals surface area contributed by atoms with Gasteiger partial charge < -0.3 is 33.8 Å². The molecule has 0 spiro atoms. The van der Waals surface area contributed by atoms with Crippen LogP contribution in [0.2, 0.25) is 25.2 Å². The first-order chi connectivity index (χ1) is 11.9. The van der Waals surface area contributed by atoms with Crippen molar-refractivity contribution < 1.29 is 33.8 Å². The topological polar surface area (TPSA) is 120 Å². The summed E-state index contributed by atoms with van der Waals surface area (Å²) in [5.74, 6) is 0. The maximum atomic E-state index is 10.2. The molecule has 0 radical (unpaired) electrons. The van der Waals surface area contributed by atoms with Crippen molar-refractivity contribution in [2.24, 2.45) is 0 Å². The van der Waals surface area contributed by atoms with Crippen LogP contribution in [-0.2, 0) is 8.54 Å². The molecule has 4 atom stereocenters. The first kappa shape index (κ1) is 26.2. The van der Waals surface area contributed by atoms with Gasteiger partial charge in [0.25, 0.3) is 0 Å². The van der Waals surface area contributed by atoms with Crippen molar-refractivity contribution in [2.45, 2.75) is 102 Å². The minimum atomic E-state index is -2.76. The van der Waals surface area contributed by atoms with Crippen molar-refractivity contribution in [2.75, 3.05) is 7.11 Å². The van der Waals surface area contributed by atoms with Crippen LogP contribution >= 0.6 is 0 Å². The molecule has 0 saturated heterocycles. The Labute approximate surface area is 160 Å². The molecular weight excluding hydrogens is 372 g/mol. The quantitative estimate of drug-likeness (QED) is 0.205. The maximum Gasteiger partial charge on any atom is 0.329 e. The molecule has 0 rings (SSSR count). The monoisotopic (exact) mass is 412 g/mol. The van der Waals surface area contributed by atoms with E-state index in [4.69, 9.17) is 8.54 Å². The zero-order valence-electron chi connectivity index (χ0n) is 17.0. The van der Waals surface area contributed by atoms with Gasteiger partial charge in [0, 0.05) is 7.11 Å². The number of hydrogen-bond acceptors (Lipinski definition) is 7. The zero-order valence-corrected chi connectivity index (χ0v) is 19.0. The van der Waals surface area contributed by atoms with Gasteiger partial charge in [-0.3, -0.25) is 0 Å². The second-order valence-electron chi connectivity index (χ2n) is 7.77. The van der Waals surface area contributed by atoms with Crippen molar-refractivity contribution in [1.82, 2.24) is 0 Å². The second-order valence-corrected chi connectivity index (χ2v) is 14.7. The Kier molecular flexibility index (Phi) is 12.7. The number of aliphatic hydroxyl groups excluding tert-OH is 4. The first-order valence-corrected chi connectivity index (χ1v) is 14.7. The van der Waals surface area contributed by atoms with Crippen LogP contribution in [0.4, 0.5) is 0 Å². The summed E-state index contributed by atoms with van der Waals surface area (Å²) in [7, 11) is -3.71. The summed E-state index contributed by atoms with van der Waals surface area (Å²) < 4.78 is 11.9. The van der Waals surface area contributed by atoms with Gasteiger partial charge in [-0.05, 0) is 51.9 Å². The van der Waals surface area contributed by atoms with Gasteiger partial charge in [-0.25, -0.2) is 0 Å². The summed E-state index contributed by atoms with van der Waals surface area (Å²) in [4.78, 5) is 10.2. The minimum Gasteiger partial charge on any atom is -0.415 e. The van der Waals surface area contributed by atoms with Crippen molar-refractivity contribution in [3.63, 3.8) is 0 Å². The van der Waals surface area contributed by atoms with E-state index in [1.165, 1.54) is 0 Å². The van der Waals surface area contributed by atoms with Gasteiger partial charge in [0.15, 0.2) is 0 Å². The number of unbranched alkanes of at least 4 members (excludes halogenated alkanes) is 2. The van der Waals surface area contributed by atoms with Crippen LogP contribution in [0.15, 0.2) is 0 Å². The molecule has 0 aliphatic heterocycles. The maximum absolute atomic E-state index is 10.2. The van der Waals surface area contributed by atoms with E-state index < -0.39 is 41.5 Å². The lowest BCUT2D eigenvalue weighted by Crippen LogP contribution is -2.50. The molecular formula is C17H40O7Si2. The highest BCUT2D eigenvalue weighted by Gasteiger charge is 2.41. The first-order valence-electron chi connectivity index (χ1n) is 9.62. The predicted octanol–water partition coefficient (Wildman–Crippen LogP) is 1.61. The molecule has 0 amide bonds. The molecule has 0 aromatic rings. The molecule has 0 heterocycles. The Bertz CT molecular complexity index is 340. The van der Waals surface area contributed by atoms with E-state index in [9.17, 15) is 25.2 Å². The van der Waals surface area contributed by atoms with E-state index in [2.05, 4.69) is 0 Å². The van der Waals surface area contributed by atoms with Crippen molar-refractivity contribution >= 4 is 17.1 Å². The van der Waals surface area contributed by atoms with Gasteiger partial charge >= 0.3 is 17.1 Å². The van der Waals surface area contributed by atoms with Crippen LogP contribution in [0.5, 0.6) is 0 Å². The summed E-state index contributed by atoms with van der Waals surface area (Å²) in [5.41, 5.74) is 0. The lowest BCUT2D eigenvalue weighted by Gasteiger charge is -2.34. The van der Waals surface area contributed by atoms with E-state index in [1.807, 2.05) is 0 Å². The number of hydrogen-bond donors (Lipinski definition) is 5. The summed E-state index contributed by atoms with van der Waals surface area (Å²) in [5, 5.41) is 38.1. The summed E-state index contributed by atoms with van der Waals surface area (Å²) >= 11 is 0. The third-order valence-electron chi connectivity index (χ3n) is 4.54. The fourth-order valence-corrected chi connectivity index (χ4v) is 9.93. The molecule has 158 valence electrons. The molecule has 0 bridgehead atoms. The van der Waals surface area contributed by atoms with Crippen LogP contribution in [0.1, 0.15) is 52.4 Å². The molecule has 0 fully saturated rings. The van der Waals surface area contributed by atoms with E-state index >= 15 is 0 Å². The fourth-order valence-electron chi connectivity index (χ4n) is 2.91. The Morgan fingerprint density at radius 1 is 0.769 bits per heavy atom. The molecule has 0 aromatic heterocycles. The summed E-state index contributed by atoms with van der Waals surface area (Å²) in [6, 6.07) is 1.43. The molecule has 9 heteroatoms. The van der Waals surface area contributed by atoms with E-state index in [1.54, 1.807) is 34.1 Å². The highest BCUT2D eigenvalue weighted by molar-refractivity contribution is 6.79. The molecule has 0 saturated carbocycles. The second kappa shape index (κ2) is 12.6. The molecule has 5 N–H and O–H groups in total. The van der Waals surface area contributed by atoms with E-state index in [0.717, 1.165) is 25.7 Å². The Morgan fingerprint density at radius 2 is 1.15 bits per heavy atom.